The lowest BCUT2D eigenvalue weighted by atomic mass is 10.1. The summed E-state index contributed by atoms with van der Waals surface area (Å²) in [6.45, 7) is 2.62. The number of likely N-dealkylation sites (N-methyl/N-ethyl adjacent to an activating group) is 1. The van der Waals surface area contributed by atoms with Crippen LogP contribution in [0.5, 0.6) is 0 Å². The highest BCUT2D eigenvalue weighted by Gasteiger charge is 2.23. The smallest absolute Gasteiger partial charge is 0.308 e. The lowest BCUT2D eigenvalue weighted by Gasteiger charge is -2.29. The molecule has 6 nitrogen and oxygen atoms in total. The van der Waals surface area contributed by atoms with Gasteiger partial charge < -0.3 is 24.2 Å². The molecule has 0 aromatic rings. The maximum Gasteiger partial charge on any atom is 0.308 e. The molecule has 182 valence electrons. The highest BCUT2D eigenvalue weighted by molar-refractivity contribution is 5.71. The Hall–Kier alpha value is -1.40. The number of hydrogen-bond acceptors (Lipinski definition) is 5. The number of ether oxygens (including phenoxy) is 1. The Bertz CT molecular complexity index is 499. The van der Waals surface area contributed by atoms with Crippen LogP contribution in [-0.4, -0.2) is 61.4 Å². The molecule has 0 saturated carbocycles. The van der Waals surface area contributed by atoms with E-state index in [0.717, 1.165) is 25.7 Å². The zero-order valence-corrected chi connectivity index (χ0v) is 20.4. The molecule has 0 aromatic heterocycles. The average Bonchev–Trinajstić information content (AvgIpc) is 2.63. The van der Waals surface area contributed by atoms with Gasteiger partial charge in [0.1, 0.15) is 6.54 Å². The van der Waals surface area contributed by atoms with Crippen LogP contribution in [0.2, 0.25) is 0 Å². The monoisotopic (exact) mass is 441 g/mol. The Morgan fingerprint density at radius 1 is 0.903 bits per heavy atom. The van der Waals surface area contributed by atoms with E-state index in [4.69, 9.17) is 4.74 Å². The third-order valence-corrected chi connectivity index (χ3v) is 5.15. The fraction of sp³-hybridized carbons (Fsp3) is 0.840. The predicted molar refractivity (Wildman–Crippen MR) is 123 cm³/mol. The van der Waals surface area contributed by atoms with E-state index in [0.29, 0.717) is 17.4 Å². The van der Waals surface area contributed by atoms with Gasteiger partial charge in [0, 0.05) is 12.4 Å². The van der Waals surface area contributed by atoms with Crippen molar-refractivity contribution >= 4 is 11.9 Å². The van der Waals surface area contributed by atoms with Crippen molar-refractivity contribution in [1.82, 2.24) is 0 Å². The molecular weight excluding hydrogens is 394 g/mol. The van der Waals surface area contributed by atoms with Crippen LogP contribution in [0.3, 0.4) is 0 Å². The number of carboxylic acid groups (broad SMARTS) is 1. The van der Waals surface area contributed by atoms with Gasteiger partial charge in [0.2, 0.25) is 0 Å². The van der Waals surface area contributed by atoms with Gasteiger partial charge in [0.25, 0.3) is 0 Å². The van der Waals surface area contributed by atoms with Crippen molar-refractivity contribution in [3.8, 4) is 0 Å². The number of aliphatic hydroxyl groups excluding tert-OH is 1. The summed E-state index contributed by atoms with van der Waals surface area (Å²) >= 11 is 0. The second-order valence-electron chi connectivity index (χ2n) is 9.68. The van der Waals surface area contributed by atoms with Crippen molar-refractivity contribution in [2.45, 2.75) is 109 Å². The van der Waals surface area contributed by atoms with Gasteiger partial charge in [-0.25, -0.2) is 0 Å². The van der Waals surface area contributed by atoms with Crippen molar-refractivity contribution in [2.75, 3.05) is 27.7 Å². The molecule has 0 radical (unpaired) electrons. The van der Waals surface area contributed by atoms with Gasteiger partial charge in [-0.15, -0.1) is 0 Å². The molecule has 0 aliphatic rings. The largest absolute Gasteiger partial charge is 0.550 e. The normalized spacial score (nSPS) is 14.0. The summed E-state index contributed by atoms with van der Waals surface area (Å²) in [7, 11) is 5.69. The standard InChI is InChI=1S/C25H47NO5/c1-5-6-7-8-9-10-11-12-13-14-15-16-17-18-22(27)19-25(30)31-23(20-24(28)29)21-26(2,3)4/h12-13,22-23,27H,5-11,14-21H2,1-4H3/b13-12-/t22-,23-/m1/s1. The average molecular weight is 442 g/mol. The molecule has 6 heteroatoms. The molecule has 2 atom stereocenters. The third kappa shape index (κ3) is 21.6. The van der Waals surface area contributed by atoms with E-state index in [-0.39, 0.29) is 12.8 Å². The SMILES string of the molecule is CCCCCCCC/C=C\CCCCC[C@@H](O)CC(=O)O[C@H](CC(=O)[O-])C[N+](C)(C)C. The molecule has 0 heterocycles. The van der Waals surface area contributed by atoms with E-state index < -0.39 is 24.1 Å². The molecule has 0 saturated heterocycles. The first kappa shape index (κ1) is 29.6. The van der Waals surface area contributed by atoms with Crippen molar-refractivity contribution in [1.29, 1.82) is 0 Å². The highest BCUT2D eigenvalue weighted by atomic mass is 16.5. The summed E-state index contributed by atoms with van der Waals surface area (Å²) in [5, 5.41) is 21.0. The van der Waals surface area contributed by atoms with Gasteiger partial charge in [0.15, 0.2) is 6.10 Å². The maximum atomic E-state index is 12.1. The lowest BCUT2D eigenvalue weighted by Crippen LogP contribution is -2.45. The first-order valence-electron chi connectivity index (χ1n) is 12.2. The molecule has 0 aliphatic heterocycles. The Kier molecular flexibility index (Phi) is 17.4. The minimum atomic E-state index is -1.24. The van der Waals surface area contributed by atoms with Crippen LogP contribution >= 0.6 is 0 Å². The summed E-state index contributed by atoms with van der Waals surface area (Å²) in [6, 6.07) is 0. The van der Waals surface area contributed by atoms with Crippen LogP contribution in [0.15, 0.2) is 12.2 Å². The van der Waals surface area contributed by atoms with Crippen LogP contribution in [0.4, 0.5) is 0 Å². The second-order valence-corrected chi connectivity index (χ2v) is 9.68. The summed E-state index contributed by atoms with van der Waals surface area (Å²) in [4.78, 5) is 22.9. The molecule has 0 aromatic carbocycles. The number of carbonyl (C=O) groups excluding carboxylic acids is 2. The van der Waals surface area contributed by atoms with Gasteiger partial charge in [-0.05, 0) is 32.1 Å². The number of aliphatic hydroxyl groups is 1. The number of hydrogen-bond donors (Lipinski definition) is 1. The van der Waals surface area contributed by atoms with Crippen molar-refractivity contribution < 1.29 is 29.0 Å². The van der Waals surface area contributed by atoms with Gasteiger partial charge in [-0.3, -0.25) is 4.79 Å². The Morgan fingerprint density at radius 2 is 1.45 bits per heavy atom. The molecule has 1 N–H and O–H groups in total. The fourth-order valence-corrected chi connectivity index (χ4v) is 3.57. The number of carboxylic acids is 1. The zero-order valence-electron chi connectivity index (χ0n) is 20.4. The molecule has 0 spiro atoms. The molecule has 0 fully saturated rings. The first-order chi connectivity index (χ1) is 14.6. The Balaban J connectivity index is 3.83. The van der Waals surface area contributed by atoms with Crippen LogP contribution in [-0.2, 0) is 14.3 Å². The summed E-state index contributed by atoms with van der Waals surface area (Å²) in [5.41, 5.74) is 0. The number of unbranched alkanes of at least 4 members (excludes halogenated alkanes) is 9. The Labute approximate surface area is 190 Å². The molecule has 0 bridgehead atoms. The molecule has 0 amide bonds. The number of rotatable bonds is 20. The van der Waals surface area contributed by atoms with Crippen LogP contribution in [0.1, 0.15) is 96.8 Å². The summed E-state index contributed by atoms with van der Waals surface area (Å²) < 4.78 is 5.76. The van der Waals surface area contributed by atoms with Crippen molar-refractivity contribution in [3.05, 3.63) is 12.2 Å². The number of nitrogens with zero attached hydrogens (tertiary/aromatic N) is 1. The number of quaternary nitrogens is 1. The molecule has 0 unspecified atom stereocenters. The van der Waals surface area contributed by atoms with Gasteiger partial charge in [-0.2, -0.15) is 0 Å². The summed E-state index contributed by atoms with van der Waals surface area (Å²) in [6.07, 6.45) is 16.3. The second kappa shape index (κ2) is 18.2. The van der Waals surface area contributed by atoms with Crippen LogP contribution < -0.4 is 5.11 Å². The van der Waals surface area contributed by atoms with E-state index in [2.05, 4.69) is 19.1 Å². The van der Waals surface area contributed by atoms with Gasteiger partial charge in [-0.1, -0.05) is 64.0 Å². The fourth-order valence-electron chi connectivity index (χ4n) is 3.57. The Morgan fingerprint density at radius 3 is 2.00 bits per heavy atom. The van der Waals surface area contributed by atoms with Crippen LogP contribution in [0.25, 0.3) is 0 Å². The molecule has 31 heavy (non-hydrogen) atoms. The number of carbonyl (C=O) groups is 2. The topological polar surface area (TPSA) is 86.7 Å². The molecule has 0 rings (SSSR count). The van der Waals surface area contributed by atoms with E-state index in [1.54, 1.807) is 0 Å². The van der Waals surface area contributed by atoms with E-state index in [1.807, 2.05) is 21.1 Å². The quantitative estimate of drug-likeness (QED) is 0.135. The maximum absolute atomic E-state index is 12.1. The summed E-state index contributed by atoms with van der Waals surface area (Å²) in [5.74, 6) is -1.79. The number of allylic oxidation sites excluding steroid dienone is 2. The molecule has 0 aliphatic carbocycles. The lowest BCUT2D eigenvalue weighted by molar-refractivity contribution is -0.873. The van der Waals surface area contributed by atoms with E-state index >= 15 is 0 Å². The number of aliphatic carboxylic acids is 1. The van der Waals surface area contributed by atoms with E-state index in [9.17, 15) is 19.8 Å². The van der Waals surface area contributed by atoms with Crippen molar-refractivity contribution in [3.63, 3.8) is 0 Å². The minimum absolute atomic E-state index is 0.0984. The zero-order chi connectivity index (χ0) is 23.5. The first-order valence-corrected chi connectivity index (χ1v) is 12.2. The minimum Gasteiger partial charge on any atom is -0.550 e. The third-order valence-electron chi connectivity index (χ3n) is 5.15. The number of esters is 1. The van der Waals surface area contributed by atoms with Crippen molar-refractivity contribution in [2.24, 2.45) is 0 Å². The van der Waals surface area contributed by atoms with E-state index in [1.165, 1.54) is 44.9 Å². The molecular formula is C25H47NO5. The van der Waals surface area contributed by atoms with Gasteiger partial charge >= 0.3 is 5.97 Å². The van der Waals surface area contributed by atoms with Gasteiger partial charge in [0.05, 0.1) is 33.7 Å². The highest BCUT2D eigenvalue weighted by Crippen LogP contribution is 2.12. The van der Waals surface area contributed by atoms with Crippen LogP contribution in [0, 0.1) is 0 Å². The predicted octanol–water partition coefficient (Wildman–Crippen LogP) is 3.75.